The predicted octanol–water partition coefficient (Wildman–Crippen LogP) is 3.09. The average molecular weight is 342 g/mol. The molecule has 0 aliphatic heterocycles. The molecule has 124 valence electrons. The van der Waals surface area contributed by atoms with Gasteiger partial charge in [-0.05, 0) is 43.4 Å². The average Bonchev–Trinajstić information content (AvgIpc) is 2.85. The summed E-state index contributed by atoms with van der Waals surface area (Å²) in [5.74, 6) is 0.337. The zero-order chi connectivity index (χ0) is 16.9. The number of aryl methyl sites for hydroxylation is 1. The van der Waals surface area contributed by atoms with Crippen LogP contribution in [-0.2, 0) is 10.0 Å². The highest BCUT2D eigenvalue weighted by atomic mass is 32.2. The van der Waals surface area contributed by atoms with E-state index in [4.69, 9.17) is 0 Å². The summed E-state index contributed by atoms with van der Waals surface area (Å²) in [7, 11) is -3.69. The number of pyridine rings is 1. The summed E-state index contributed by atoms with van der Waals surface area (Å²) in [6.07, 6.45) is 7.74. The first-order valence-electron chi connectivity index (χ1n) is 8.03. The maximum absolute atomic E-state index is 13.1. The van der Waals surface area contributed by atoms with E-state index in [0.29, 0.717) is 11.4 Å². The highest BCUT2D eigenvalue weighted by Gasteiger charge is 2.28. The van der Waals surface area contributed by atoms with Gasteiger partial charge >= 0.3 is 0 Å². The lowest BCUT2D eigenvalue weighted by molar-refractivity contribution is -0.603. The van der Waals surface area contributed by atoms with E-state index in [1.165, 1.54) is 16.4 Å². The molecule has 0 spiro atoms. The van der Waals surface area contributed by atoms with Crippen LogP contribution in [0.15, 0.2) is 53.8 Å². The summed E-state index contributed by atoms with van der Waals surface area (Å²) in [6, 6.07) is 8.40. The van der Waals surface area contributed by atoms with Gasteiger partial charge in [-0.1, -0.05) is 24.1 Å². The maximum Gasteiger partial charge on any atom is 0.268 e. The molecule has 0 atom stereocenters. The number of hydrogen-bond acceptors (Lipinski definition) is 3. The molecule has 0 saturated heterocycles. The van der Waals surface area contributed by atoms with Crippen molar-refractivity contribution >= 4 is 20.9 Å². The van der Waals surface area contributed by atoms with Crippen LogP contribution in [-0.4, -0.2) is 12.4 Å². The van der Waals surface area contributed by atoms with Gasteiger partial charge in [-0.2, -0.15) is 4.73 Å². The van der Waals surface area contributed by atoms with Crippen LogP contribution in [0.2, 0.25) is 0 Å². The molecule has 2 heterocycles. The second-order valence-corrected chi connectivity index (χ2v) is 8.24. The summed E-state index contributed by atoms with van der Waals surface area (Å²) >= 11 is 0. The third kappa shape index (κ3) is 2.29. The van der Waals surface area contributed by atoms with Crippen LogP contribution in [0.3, 0.4) is 0 Å². The molecule has 2 aromatic heterocycles. The summed E-state index contributed by atoms with van der Waals surface area (Å²) in [6.45, 7) is 1.92. The summed E-state index contributed by atoms with van der Waals surface area (Å²) in [5.41, 5.74) is 2.52. The van der Waals surface area contributed by atoms with Crippen molar-refractivity contribution in [2.75, 3.05) is 0 Å². The first-order valence-corrected chi connectivity index (χ1v) is 9.47. The fraction of sp³-hybridized carbons (Fsp3) is 0.278. The zero-order valence-corrected chi connectivity index (χ0v) is 14.2. The Kier molecular flexibility index (Phi) is 3.38. The molecule has 0 bridgehead atoms. The minimum atomic E-state index is -3.69. The van der Waals surface area contributed by atoms with E-state index >= 15 is 0 Å². The summed E-state index contributed by atoms with van der Waals surface area (Å²) < 4.78 is 28.2. The minimum absolute atomic E-state index is 0.254. The van der Waals surface area contributed by atoms with E-state index in [1.54, 1.807) is 36.5 Å². The van der Waals surface area contributed by atoms with Gasteiger partial charge in [-0.3, -0.25) is 0 Å². The van der Waals surface area contributed by atoms with Gasteiger partial charge in [-0.25, -0.2) is 12.4 Å². The van der Waals surface area contributed by atoms with Gasteiger partial charge in [-0.15, -0.1) is 0 Å². The molecule has 4 rings (SSSR count). The van der Waals surface area contributed by atoms with Gasteiger partial charge in [0.25, 0.3) is 10.0 Å². The molecule has 3 aromatic rings. The van der Waals surface area contributed by atoms with Crippen LogP contribution in [0.4, 0.5) is 0 Å². The molecule has 1 saturated carbocycles. The Morgan fingerprint density at radius 1 is 1.17 bits per heavy atom. The molecule has 1 aliphatic rings. The lowest BCUT2D eigenvalue weighted by Gasteiger charge is -2.24. The molecule has 1 fully saturated rings. The first kappa shape index (κ1) is 15.2. The monoisotopic (exact) mass is 342 g/mol. The van der Waals surface area contributed by atoms with E-state index in [1.807, 2.05) is 6.92 Å². The van der Waals surface area contributed by atoms with E-state index in [9.17, 15) is 13.6 Å². The Bertz CT molecular complexity index is 1020. The van der Waals surface area contributed by atoms with Crippen molar-refractivity contribution in [3.05, 3.63) is 65.3 Å². The number of rotatable bonds is 3. The third-order valence-corrected chi connectivity index (χ3v) is 6.53. The quantitative estimate of drug-likeness (QED) is 0.543. The normalized spacial score (nSPS) is 15.5. The van der Waals surface area contributed by atoms with E-state index < -0.39 is 10.0 Å². The van der Waals surface area contributed by atoms with Crippen molar-refractivity contribution < 1.29 is 13.1 Å². The van der Waals surface area contributed by atoms with Crippen molar-refractivity contribution in [3.63, 3.8) is 0 Å². The number of nitrogens with zero attached hydrogens (tertiary/aromatic N) is 2. The van der Waals surface area contributed by atoms with Crippen LogP contribution in [0, 0.1) is 12.1 Å². The van der Waals surface area contributed by atoms with Gasteiger partial charge in [0.2, 0.25) is 0 Å². The number of benzene rings is 1. The predicted molar refractivity (Wildman–Crippen MR) is 91.3 cm³/mol. The minimum Gasteiger partial charge on any atom is -0.619 e. The number of aromatic nitrogens is 2. The lowest BCUT2D eigenvalue weighted by Crippen LogP contribution is -2.24. The third-order valence-electron chi connectivity index (χ3n) is 4.84. The highest BCUT2D eigenvalue weighted by molar-refractivity contribution is 7.90. The zero-order valence-electron chi connectivity index (χ0n) is 13.3. The van der Waals surface area contributed by atoms with Crippen LogP contribution in [0.5, 0.6) is 0 Å². The second-order valence-electron chi connectivity index (χ2n) is 6.43. The Balaban J connectivity index is 1.94. The molecule has 1 aromatic carbocycles. The SMILES string of the molecule is Cc1ccc(S(=O)(=O)n2cc(C3CCC3)c3c[n+]([O-])ccc32)cc1. The van der Waals surface area contributed by atoms with Gasteiger partial charge in [0, 0.05) is 12.3 Å². The van der Waals surface area contributed by atoms with Crippen LogP contribution >= 0.6 is 0 Å². The smallest absolute Gasteiger partial charge is 0.268 e. The van der Waals surface area contributed by atoms with Gasteiger partial charge in [0.05, 0.1) is 15.8 Å². The summed E-state index contributed by atoms with van der Waals surface area (Å²) in [4.78, 5) is 0.254. The molecule has 0 amide bonds. The van der Waals surface area contributed by atoms with Crippen LogP contribution < -0.4 is 4.73 Å². The molecular weight excluding hydrogens is 324 g/mol. The van der Waals surface area contributed by atoms with E-state index in [0.717, 1.165) is 40.5 Å². The Morgan fingerprint density at radius 2 is 1.88 bits per heavy atom. The fourth-order valence-corrected chi connectivity index (χ4v) is 4.60. The molecular formula is C18H18N2O3S. The first-order chi connectivity index (χ1) is 11.5. The van der Waals surface area contributed by atoms with Crippen molar-refractivity contribution in [1.29, 1.82) is 0 Å². The lowest BCUT2D eigenvalue weighted by atomic mass is 9.80. The molecule has 6 heteroatoms. The highest BCUT2D eigenvalue weighted by Crippen LogP contribution is 2.40. The molecule has 0 radical (unpaired) electrons. The largest absolute Gasteiger partial charge is 0.619 e. The Labute approximate surface area is 140 Å². The van der Waals surface area contributed by atoms with Crippen LogP contribution in [0.25, 0.3) is 10.9 Å². The Hall–Kier alpha value is -2.34. The van der Waals surface area contributed by atoms with Gasteiger partial charge < -0.3 is 5.21 Å². The van der Waals surface area contributed by atoms with Crippen molar-refractivity contribution in [1.82, 2.24) is 3.97 Å². The maximum atomic E-state index is 13.1. The van der Waals surface area contributed by atoms with E-state index in [-0.39, 0.29) is 4.90 Å². The van der Waals surface area contributed by atoms with E-state index in [2.05, 4.69) is 0 Å². The molecule has 0 N–H and O–H groups in total. The number of hydrogen-bond donors (Lipinski definition) is 0. The molecule has 1 aliphatic carbocycles. The van der Waals surface area contributed by atoms with Crippen LogP contribution in [0.1, 0.15) is 36.3 Å². The topological polar surface area (TPSA) is 66.0 Å². The van der Waals surface area contributed by atoms with Crippen molar-refractivity contribution in [2.24, 2.45) is 0 Å². The Morgan fingerprint density at radius 3 is 2.50 bits per heavy atom. The van der Waals surface area contributed by atoms with Gasteiger partial charge in [0.1, 0.15) is 0 Å². The molecule has 5 nitrogen and oxygen atoms in total. The number of fused-ring (bicyclic) bond motifs is 1. The second kappa shape index (κ2) is 5.34. The van der Waals surface area contributed by atoms with Gasteiger partial charge in [0.15, 0.2) is 12.4 Å². The van der Waals surface area contributed by atoms with Crippen molar-refractivity contribution in [3.8, 4) is 0 Å². The van der Waals surface area contributed by atoms with Crippen molar-refractivity contribution in [2.45, 2.75) is 37.0 Å². The molecule has 24 heavy (non-hydrogen) atoms. The molecule has 0 unspecified atom stereocenters. The summed E-state index contributed by atoms with van der Waals surface area (Å²) in [5, 5.41) is 12.4. The standard InChI is InChI=1S/C18H18N2O3S/c1-13-5-7-15(8-6-13)24(22,23)20-12-16(14-3-2-4-14)17-11-19(21)10-9-18(17)20/h5-12,14H,2-4H2,1H3. The fourth-order valence-electron chi connectivity index (χ4n) is 3.22.